The molecular weight excluding hydrogens is 332 g/mol. The minimum atomic E-state index is -1.33. The van der Waals surface area contributed by atoms with Gasteiger partial charge in [-0.05, 0) is 12.1 Å². The van der Waals surface area contributed by atoms with Gasteiger partial charge in [0.05, 0.1) is 14.2 Å². The number of hydrogen-bond acceptors (Lipinski definition) is 8. The van der Waals surface area contributed by atoms with Crippen LogP contribution in [0.2, 0.25) is 0 Å². The Balaban J connectivity index is 2.13. The van der Waals surface area contributed by atoms with Crippen LogP contribution in [0.3, 0.4) is 0 Å². The maximum Gasteiger partial charge on any atom is 0.248 e. The van der Waals surface area contributed by atoms with Crippen molar-refractivity contribution in [3.8, 4) is 34.5 Å². The summed E-state index contributed by atoms with van der Waals surface area (Å²) in [5.74, 6) is -3.30. The Morgan fingerprint density at radius 3 is 2.32 bits per heavy atom. The Morgan fingerprint density at radius 2 is 1.72 bits per heavy atom. The predicted octanol–water partition coefficient (Wildman–Crippen LogP) is 1.71. The third kappa shape index (κ3) is 2.47. The van der Waals surface area contributed by atoms with Crippen LogP contribution in [0.25, 0.3) is 0 Å². The van der Waals surface area contributed by atoms with Gasteiger partial charge in [-0.15, -0.1) is 0 Å². The highest BCUT2D eigenvalue weighted by Gasteiger charge is 2.40. The topological polar surface area (TPSA) is 123 Å². The van der Waals surface area contributed by atoms with Gasteiger partial charge in [-0.3, -0.25) is 9.59 Å². The summed E-state index contributed by atoms with van der Waals surface area (Å²) in [7, 11) is 2.62. The lowest BCUT2D eigenvalue weighted by molar-refractivity contribution is -0.122. The molecule has 0 spiro atoms. The van der Waals surface area contributed by atoms with Crippen LogP contribution in [0.15, 0.2) is 24.3 Å². The smallest absolute Gasteiger partial charge is 0.248 e. The molecule has 25 heavy (non-hydrogen) atoms. The van der Waals surface area contributed by atoms with Crippen LogP contribution >= 0.6 is 0 Å². The van der Waals surface area contributed by atoms with E-state index in [-0.39, 0.29) is 34.1 Å². The molecule has 3 N–H and O–H groups in total. The van der Waals surface area contributed by atoms with Crippen molar-refractivity contribution in [3.63, 3.8) is 0 Å². The summed E-state index contributed by atoms with van der Waals surface area (Å²) in [6.45, 7) is 0. The van der Waals surface area contributed by atoms with E-state index in [9.17, 15) is 24.9 Å². The average Bonchev–Trinajstić information content (AvgIpc) is 2.59. The molecule has 130 valence electrons. The van der Waals surface area contributed by atoms with E-state index < -0.39 is 29.2 Å². The number of phenolic OH excluding ortho intramolecular Hbond substituents is 3. The molecule has 8 nitrogen and oxygen atoms in total. The van der Waals surface area contributed by atoms with E-state index in [1.54, 1.807) is 0 Å². The summed E-state index contributed by atoms with van der Waals surface area (Å²) in [6, 6.07) is 4.96. The molecule has 1 unspecified atom stereocenters. The zero-order chi connectivity index (χ0) is 18.3. The lowest BCUT2D eigenvalue weighted by Gasteiger charge is -2.26. The van der Waals surface area contributed by atoms with Gasteiger partial charge in [0.15, 0.2) is 29.1 Å². The number of ketones is 2. The van der Waals surface area contributed by atoms with E-state index in [1.807, 2.05) is 0 Å². The fraction of sp³-hybridized carbons (Fsp3) is 0.176. The maximum atomic E-state index is 12.4. The fourth-order valence-corrected chi connectivity index (χ4v) is 2.61. The Hall–Kier alpha value is -3.42. The minimum absolute atomic E-state index is 0.0580. The molecule has 1 atom stereocenters. The summed E-state index contributed by atoms with van der Waals surface area (Å²) >= 11 is 0. The number of phenols is 3. The first-order chi connectivity index (χ1) is 11.9. The van der Waals surface area contributed by atoms with E-state index in [1.165, 1.54) is 32.4 Å². The van der Waals surface area contributed by atoms with Crippen LogP contribution in [0.1, 0.15) is 22.0 Å². The molecule has 1 aliphatic rings. The second kappa shape index (κ2) is 5.90. The van der Waals surface area contributed by atoms with Crippen molar-refractivity contribution in [2.75, 3.05) is 14.2 Å². The summed E-state index contributed by atoms with van der Waals surface area (Å²) in [5.41, 5.74) is -0.143. The Kier molecular flexibility index (Phi) is 3.88. The van der Waals surface area contributed by atoms with Gasteiger partial charge < -0.3 is 29.5 Å². The molecule has 0 saturated carbocycles. The highest BCUT2D eigenvalue weighted by molar-refractivity contribution is 6.47. The van der Waals surface area contributed by atoms with Gasteiger partial charge in [0.25, 0.3) is 0 Å². The van der Waals surface area contributed by atoms with E-state index in [2.05, 4.69) is 0 Å². The summed E-state index contributed by atoms with van der Waals surface area (Å²) in [6.07, 6.45) is -1.33. The van der Waals surface area contributed by atoms with E-state index >= 15 is 0 Å². The fourth-order valence-electron chi connectivity index (χ4n) is 2.61. The number of carbonyl (C=O) groups excluding carboxylic acids is 2. The number of aromatic hydroxyl groups is 3. The predicted molar refractivity (Wildman–Crippen MR) is 83.7 cm³/mol. The maximum absolute atomic E-state index is 12.4. The molecule has 2 aromatic rings. The SMILES string of the molecule is COc1cc2c(c(O)c1OC)C(=O)C(=O)C(c1ccc(O)c(O)c1)O2. The van der Waals surface area contributed by atoms with Gasteiger partial charge in [0, 0.05) is 11.6 Å². The number of hydrogen-bond donors (Lipinski definition) is 3. The standard InChI is InChI=1S/C17H14O8/c1-23-11-6-10-12(14(21)17(11)24-2)13(20)15(22)16(25-10)7-3-4-8(18)9(19)5-7/h3-6,16,18-19,21H,1-2H3. The number of rotatable bonds is 3. The molecule has 0 aliphatic carbocycles. The van der Waals surface area contributed by atoms with E-state index in [0.29, 0.717) is 0 Å². The average molecular weight is 346 g/mol. The quantitative estimate of drug-likeness (QED) is 0.567. The Labute approximate surface area is 141 Å². The molecule has 0 fully saturated rings. The first-order valence-corrected chi connectivity index (χ1v) is 7.14. The van der Waals surface area contributed by atoms with Crippen molar-refractivity contribution in [3.05, 3.63) is 35.4 Å². The molecular formula is C17H14O8. The Bertz CT molecular complexity index is 887. The van der Waals surface area contributed by atoms with Crippen molar-refractivity contribution < 1.29 is 39.1 Å². The zero-order valence-corrected chi connectivity index (χ0v) is 13.3. The number of benzene rings is 2. The zero-order valence-electron chi connectivity index (χ0n) is 13.3. The third-order valence-electron chi connectivity index (χ3n) is 3.84. The third-order valence-corrected chi connectivity index (χ3v) is 3.84. The molecule has 2 aromatic carbocycles. The van der Waals surface area contributed by atoms with Gasteiger partial charge in [0.2, 0.25) is 17.3 Å². The van der Waals surface area contributed by atoms with Crippen molar-refractivity contribution in [1.29, 1.82) is 0 Å². The molecule has 1 aliphatic heterocycles. The van der Waals surface area contributed by atoms with Crippen molar-refractivity contribution in [2.24, 2.45) is 0 Å². The summed E-state index contributed by atoms with van der Waals surface area (Å²) in [4.78, 5) is 24.8. The van der Waals surface area contributed by atoms with Crippen molar-refractivity contribution >= 4 is 11.6 Å². The molecule has 0 amide bonds. The minimum Gasteiger partial charge on any atom is -0.504 e. The molecule has 1 heterocycles. The lowest BCUT2D eigenvalue weighted by atomic mass is 9.93. The highest BCUT2D eigenvalue weighted by Crippen LogP contribution is 2.48. The number of ether oxygens (including phenoxy) is 3. The largest absolute Gasteiger partial charge is 0.504 e. The van der Waals surface area contributed by atoms with Gasteiger partial charge in [0.1, 0.15) is 11.3 Å². The summed E-state index contributed by atoms with van der Waals surface area (Å²) in [5, 5.41) is 29.2. The second-order valence-electron chi connectivity index (χ2n) is 5.27. The van der Waals surface area contributed by atoms with Gasteiger partial charge in [-0.2, -0.15) is 0 Å². The van der Waals surface area contributed by atoms with Crippen LogP contribution in [-0.2, 0) is 4.79 Å². The number of carbonyl (C=O) groups is 2. The monoisotopic (exact) mass is 346 g/mol. The molecule has 0 bridgehead atoms. The van der Waals surface area contributed by atoms with E-state index in [0.717, 1.165) is 6.07 Å². The first kappa shape index (κ1) is 16.4. The van der Waals surface area contributed by atoms with Crippen molar-refractivity contribution in [1.82, 2.24) is 0 Å². The number of fused-ring (bicyclic) bond motifs is 1. The lowest BCUT2D eigenvalue weighted by Crippen LogP contribution is -2.32. The number of Topliss-reactive ketones (excluding diaryl/α,β-unsaturated/α-hetero) is 2. The normalized spacial score (nSPS) is 16.2. The molecule has 0 radical (unpaired) electrons. The second-order valence-corrected chi connectivity index (χ2v) is 5.27. The van der Waals surface area contributed by atoms with Gasteiger partial charge in [-0.25, -0.2) is 0 Å². The van der Waals surface area contributed by atoms with E-state index in [4.69, 9.17) is 14.2 Å². The van der Waals surface area contributed by atoms with Crippen LogP contribution in [0.4, 0.5) is 0 Å². The van der Waals surface area contributed by atoms with Crippen LogP contribution in [-0.4, -0.2) is 41.1 Å². The van der Waals surface area contributed by atoms with Crippen LogP contribution in [0, 0.1) is 0 Å². The van der Waals surface area contributed by atoms with Crippen LogP contribution < -0.4 is 14.2 Å². The van der Waals surface area contributed by atoms with Gasteiger partial charge >= 0.3 is 0 Å². The van der Waals surface area contributed by atoms with Crippen molar-refractivity contribution in [2.45, 2.75) is 6.10 Å². The van der Waals surface area contributed by atoms with Gasteiger partial charge in [-0.1, -0.05) is 6.07 Å². The summed E-state index contributed by atoms with van der Waals surface area (Å²) < 4.78 is 15.6. The number of methoxy groups -OCH3 is 2. The molecule has 8 heteroatoms. The molecule has 0 saturated heterocycles. The molecule has 0 aromatic heterocycles. The van der Waals surface area contributed by atoms with Crippen LogP contribution in [0.5, 0.6) is 34.5 Å². The Morgan fingerprint density at radius 1 is 1.00 bits per heavy atom. The highest BCUT2D eigenvalue weighted by atomic mass is 16.5. The molecule has 3 rings (SSSR count). The first-order valence-electron chi connectivity index (χ1n) is 7.14.